The molecule has 3 aromatic rings. The van der Waals surface area contributed by atoms with Crippen LogP contribution >= 0.6 is 11.6 Å². The smallest absolute Gasteiger partial charge is 0.340 e. The Morgan fingerprint density at radius 2 is 1.59 bits per heavy atom. The molecule has 1 N–H and O–H groups in total. The largest absolute Gasteiger partial charge is 0.462 e. The van der Waals surface area contributed by atoms with Gasteiger partial charge in [0.25, 0.3) is 15.9 Å². The SMILES string of the molecule is CCOC(=O)c1ccccc1NC(=O)c1ccc(N(C)S(=O)(=O)c2ccc(Cl)cc2)cc1. The van der Waals surface area contributed by atoms with Gasteiger partial charge in [0, 0.05) is 17.6 Å². The molecule has 0 heterocycles. The molecule has 0 aliphatic carbocycles. The second-order valence-corrected chi connectivity index (χ2v) is 9.10. The van der Waals surface area contributed by atoms with E-state index in [1.165, 1.54) is 55.6 Å². The monoisotopic (exact) mass is 472 g/mol. The number of esters is 1. The van der Waals surface area contributed by atoms with Crippen molar-refractivity contribution >= 4 is 44.9 Å². The quantitative estimate of drug-likeness (QED) is 0.507. The van der Waals surface area contributed by atoms with Crippen LogP contribution in [-0.2, 0) is 14.8 Å². The number of nitrogens with one attached hydrogen (secondary N) is 1. The summed E-state index contributed by atoms with van der Waals surface area (Å²) >= 11 is 5.83. The summed E-state index contributed by atoms with van der Waals surface area (Å²) in [6, 6.07) is 18.5. The number of hydrogen-bond donors (Lipinski definition) is 1. The maximum atomic E-state index is 12.8. The Balaban J connectivity index is 1.78. The van der Waals surface area contributed by atoms with Crippen molar-refractivity contribution in [1.82, 2.24) is 0 Å². The first kappa shape index (κ1) is 23.3. The van der Waals surface area contributed by atoms with E-state index >= 15 is 0 Å². The lowest BCUT2D eigenvalue weighted by Gasteiger charge is -2.20. The molecule has 1 amide bonds. The summed E-state index contributed by atoms with van der Waals surface area (Å²) in [5, 5.41) is 3.13. The van der Waals surface area contributed by atoms with Gasteiger partial charge < -0.3 is 10.1 Å². The average molecular weight is 473 g/mol. The van der Waals surface area contributed by atoms with Crippen LogP contribution in [0.25, 0.3) is 0 Å². The molecule has 0 aliphatic rings. The summed E-state index contributed by atoms with van der Waals surface area (Å²) in [7, 11) is -2.36. The molecule has 0 aliphatic heterocycles. The minimum Gasteiger partial charge on any atom is -0.462 e. The van der Waals surface area contributed by atoms with Crippen molar-refractivity contribution < 1.29 is 22.7 Å². The molecular weight excluding hydrogens is 452 g/mol. The highest BCUT2D eigenvalue weighted by molar-refractivity contribution is 7.92. The Kier molecular flexibility index (Phi) is 7.17. The first-order valence-corrected chi connectivity index (χ1v) is 11.5. The summed E-state index contributed by atoms with van der Waals surface area (Å²) in [5.41, 5.74) is 1.24. The molecule has 0 bridgehead atoms. The fraction of sp³-hybridized carbons (Fsp3) is 0.130. The third kappa shape index (κ3) is 5.09. The van der Waals surface area contributed by atoms with Crippen LogP contribution in [0.15, 0.2) is 77.7 Å². The maximum absolute atomic E-state index is 12.8. The molecule has 7 nitrogen and oxygen atoms in total. The third-order valence-electron chi connectivity index (χ3n) is 4.64. The Hall–Kier alpha value is -3.36. The number of anilines is 2. The molecule has 32 heavy (non-hydrogen) atoms. The number of halogens is 1. The zero-order valence-electron chi connectivity index (χ0n) is 17.4. The summed E-state index contributed by atoms with van der Waals surface area (Å²) < 4.78 is 31.8. The van der Waals surface area contributed by atoms with Crippen LogP contribution in [0.2, 0.25) is 5.02 Å². The highest BCUT2D eigenvalue weighted by Crippen LogP contribution is 2.24. The average Bonchev–Trinajstić information content (AvgIpc) is 2.79. The number of ether oxygens (including phenoxy) is 1. The number of benzene rings is 3. The molecular formula is C23H21ClN2O5S. The van der Waals surface area contributed by atoms with Gasteiger partial charge in [0.2, 0.25) is 0 Å². The van der Waals surface area contributed by atoms with Crippen molar-refractivity contribution in [1.29, 1.82) is 0 Å². The molecule has 9 heteroatoms. The van der Waals surface area contributed by atoms with Gasteiger partial charge in [0.1, 0.15) is 0 Å². The van der Waals surface area contributed by atoms with Gasteiger partial charge in [-0.3, -0.25) is 9.10 Å². The second-order valence-electron chi connectivity index (χ2n) is 6.69. The zero-order chi connectivity index (χ0) is 23.3. The van der Waals surface area contributed by atoms with Crippen molar-refractivity contribution in [3.05, 3.63) is 88.9 Å². The summed E-state index contributed by atoms with van der Waals surface area (Å²) in [5.74, 6) is -0.982. The molecule has 166 valence electrons. The van der Waals surface area contributed by atoms with Crippen LogP contribution < -0.4 is 9.62 Å². The number of carbonyl (C=O) groups excluding carboxylic acids is 2. The van der Waals surface area contributed by atoms with Gasteiger partial charge in [-0.15, -0.1) is 0 Å². The number of amides is 1. The molecule has 0 fully saturated rings. The fourth-order valence-electron chi connectivity index (χ4n) is 2.90. The highest BCUT2D eigenvalue weighted by atomic mass is 35.5. The molecule has 3 aromatic carbocycles. The van der Waals surface area contributed by atoms with Crippen molar-refractivity contribution in [2.24, 2.45) is 0 Å². The molecule has 0 atom stereocenters. The number of rotatable bonds is 7. The van der Waals surface area contributed by atoms with Crippen LogP contribution in [0.1, 0.15) is 27.6 Å². The Morgan fingerprint density at radius 3 is 2.22 bits per heavy atom. The summed E-state index contributed by atoms with van der Waals surface area (Å²) in [6.45, 7) is 1.92. The molecule has 0 saturated heterocycles. The minimum atomic E-state index is -3.79. The van der Waals surface area contributed by atoms with Gasteiger partial charge in [0.05, 0.1) is 28.4 Å². The number of sulfonamides is 1. The van der Waals surface area contributed by atoms with Gasteiger partial charge in [-0.25, -0.2) is 13.2 Å². The second kappa shape index (κ2) is 9.84. The lowest BCUT2D eigenvalue weighted by atomic mass is 10.1. The standard InChI is InChI=1S/C23H21ClN2O5S/c1-3-31-23(28)20-6-4-5-7-21(20)25-22(27)16-8-12-18(13-9-16)26(2)32(29,30)19-14-10-17(24)11-15-19/h4-15H,3H2,1-2H3,(H,25,27). The van der Waals surface area contributed by atoms with E-state index in [-0.39, 0.29) is 17.1 Å². The fourth-order valence-corrected chi connectivity index (χ4v) is 4.22. The van der Waals surface area contributed by atoms with Crippen molar-refractivity contribution in [2.75, 3.05) is 23.3 Å². The van der Waals surface area contributed by atoms with Gasteiger partial charge in [-0.05, 0) is 67.6 Å². The summed E-state index contributed by atoms with van der Waals surface area (Å²) in [6.07, 6.45) is 0. The number of para-hydroxylation sites is 1. The third-order valence-corrected chi connectivity index (χ3v) is 6.69. The maximum Gasteiger partial charge on any atom is 0.340 e. The topological polar surface area (TPSA) is 92.8 Å². The first-order valence-electron chi connectivity index (χ1n) is 9.66. The Bertz CT molecular complexity index is 1230. The van der Waals surface area contributed by atoms with Gasteiger partial charge in [-0.1, -0.05) is 23.7 Å². The minimum absolute atomic E-state index is 0.0989. The Labute approximate surface area is 191 Å². The molecule has 0 unspecified atom stereocenters. The van der Waals surface area contributed by atoms with Crippen LogP contribution in [0, 0.1) is 0 Å². The van der Waals surface area contributed by atoms with E-state index in [0.717, 1.165) is 4.31 Å². The van der Waals surface area contributed by atoms with Crippen LogP contribution in [0.5, 0.6) is 0 Å². The summed E-state index contributed by atoms with van der Waals surface area (Å²) in [4.78, 5) is 24.9. The first-order chi connectivity index (χ1) is 15.2. The van der Waals surface area contributed by atoms with Crippen LogP contribution in [0.4, 0.5) is 11.4 Å². The molecule has 0 saturated carbocycles. The molecule has 0 spiro atoms. The van der Waals surface area contributed by atoms with Crippen LogP contribution in [0.3, 0.4) is 0 Å². The lowest BCUT2D eigenvalue weighted by Crippen LogP contribution is -2.26. The van der Waals surface area contributed by atoms with Crippen molar-refractivity contribution in [2.45, 2.75) is 11.8 Å². The number of nitrogens with zero attached hydrogens (tertiary/aromatic N) is 1. The number of carbonyl (C=O) groups is 2. The van der Waals surface area contributed by atoms with Crippen molar-refractivity contribution in [3.63, 3.8) is 0 Å². The molecule has 0 aromatic heterocycles. The van der Waals surface area contributed by atoms with Gasteiger partial charge in [0.15, 0.2) is 0 Å². The molecule has 0 radical (unpaired) electrons. The van der Waals surface area contributed by atoms with E-state index in [2.05, 4.69) is 5.32 Å². The van der Waals surface area contributed by atoms with Crippen molar-refractivity contribution in [3.8, 4) is 0 Å². The zero-order valence-corrected chi connectivity index (χ0v) is 19.0. The lowest BCUT2D eigenvalue weighted by molar-refractivity contribution is 0.0527. The van der Waals surface area contributed by atoms with E-state index in [4.69, 9.17) is 16.3 Å². The Morgan fingerprint density at radius 1 is 0.969 bits per heavy atom. The van der Waals surface area contributed by atoms with E-state index in [9.17, 15) is 18.0 Å². The van der Waals surface area contributed by atoms with Gasteiger partial charge in [-0.2, -0.15) is 0 Å². The highest BCUT2D eigenvalue weighted by Gasteiger charge is 2.22. The number of hydrogen-bond acceptors (Lipinski definition) is 5. The van der Waals surface area contributed by atoms with E-state index in [0.29, 0.717) is 22.0 Å². The normalized spacial score (nSPS) is 11.0. The van der Waals surface area contributed by atoms with E-state index in [1.807, 2.05) is 0 Å². The van der Waals surface area contributed by atoms with E-state index in [1.54, 1.807) is 31.2 Å². The predicted octanol–water partition coefficient (Wildman–Crippen LogP) is 4.59. The van der Waals surface area contributed by atoms with E-state index < -0.39 is 21.9 Å². The predicted molar refractivity (Wildman–Crippen MR) is 124 cm³/mol. The van der Waals surface area contributed by atoms with Gasteiger partial charge >= 0.3 is 5.97 Å². The van der Waals surface area contributed by atoms with Crippen LogP contribution in [-0.4, -0.2) is 33.9 Å². The molecule has 3 rings (SSSR count).